The van der Waals surface area contributed by atoms with Crippen molar-refractivity contribution in [3.05, 3.63) is 47.4 Å². The van der Waals surface area contributed by atoms with E-state index in [-0.39, 0.29) is 0 Å². The number of anilines is 1. The molecule has 0 bridgehead atoms. The first-order chi connectivity index (χ1) is 9.22. The van der Waals surface area contributed by atoms with Crippen LogP contribution in [0.25, 0.3) is 0 Å². The second kappa shape index (κ2) is 6.18. The first-order valence-electron chi connectivity index (χ1n) is 6.43. The molecule has 0 unspecified atom stereocenters. The maximum Gasteiger partial charge on any atom is 0.135 e. The van der Waals surface area contributed by atoms with Gasteiger partial charge in [-0.1, -0.05) is 18.2 Å². The maximum absolute atomic E-state index is 5.35. The largest absolute Gasteiger partial charge is 0.496 e. The first kappa shape index (κ1) is 13.3. The van der Waals surface area contributed by atoms with Crippen molar-refractivity contribution in [2.24, 2.45) is 0 Å². The molecule has 1 N–H and O–H groups in total. The topological polar surface area (TPSA) is 47.0 Å². The van der Waals surface area contributed by atoms with Gasteiger partial charge in [-0.25, -0.2) is 9.97 Å². The smallest absolute Gasteiger partial charge is 0.135 e. The van der Waals surface area contributed by atoms with Gasteiger partial charge in [0.15, 0.2) is 0 Å². The summed E-state index contributed by atoms with van der Waals surface area (Å²) in [6.45, 7) is 4.89. The molecule has 0 aliphatic rings. The molecule has 4 nitrogen and oxygen atoms in total. The minimum absolute atomic E-state index is 0.671. The van der Waals surface area contributed by atoms with Gasteiger partial charge in [0.1, 0.15) is 17.4 Å². The number of nitrogens with zero attached hydrogens (tertiary/aromatic N) is 2. The van der Waals surface area contributed by atoms with Crippen molar-refractivity contribution in [3.8, 4) is 5.75 Å². The van der Waals surface area contributed by atoms with Crippen molar-refractivity contribution in [3.63, 3.8) is 0 Å². The van der Waals surface area contributed by atoms with E-state index < -0.39 is 0 Å². The highest BCUT2D eigenvalue weighted by Gasteiger charge is 2.07. The normalized spacial score (nSPS) is 10.3. The van der Waals surface area contributed by atoms with Gasteiger partial charge >= 0.3 is 0 Å². The van der Waals surface area contributed by atoms with Crippen LogP contribution in [0.5, 0.6) is 5.75 Å². The number of rotatable bonds is 5. The van der Waals surface area contributed by atoms with E-state index in [9.17, 15) is 0 Å². The van der Waals surface area contributed by atoms with Crippen molar-refractivity contribution in [1.82, 2.24) is 9.97 Å². The van der Waals surface area contributed by atoms with Gasteiger partial charge in [0.2, 0.25) is 0 Å². The fourth-order valence-corrected chi connectivity index (χ4v) is 2.00. The molecule has 19 heavy (non-hydrogen) atoms. The molecule has 100 valence electrons. The van der Waals surface area contributed by atoms with Gasteiger partial charge in [-0.15, -0.1) is 0 Å². The van der Waals surface area contributed by atoms with Crippen molar-refractivity contribution in [2.75, 3.05) is 19.0 Å². The Balaban J connectivity index is 2.27. The fraction of sp³-hybridized carbons (Fsp3) is 0.333. The lowest BCUT2D eigenvalue weighted by Crippen LogP contribution is -2.05. The Bertz CT molecular complexity index is 555. The number of benzene rings is 1. The summed E-state index contributed by atoms with van der Waals surface area (Å²) < 4.78 is 5.35. The molecular formula is C15H19N3O. The number of para-hydroxylation sites is 1. The number of methoxy groups -OCH3 is 1. The second-order valence-corrected chi connectivity index (χ2v) is 4.33. The Hall–Kier alpha value is -2.10. The molecule has 1 aromatic heterocycles. The summed E-state index contributed by atoms with van der Waals surface area (Å²) in [5.74, 6) is 2.55. The van der Waals surface area contributed by atoms with Crippen LogP contribution in [-0.2, 0) is 6.42 Å². The van der Waals surface area contributed by atoms with E-state index >= 15 is 0 Å². The second-order valence-electron chi connectivity index (χ2n) is 4.33. The molecule has 0 radical (unpaired) electrons. The van der Waals surface area contributed by atoms with E-state index in [2.05, 4.69) is 22.2 Å². The standard InChI is InChI=1S/C15H19N3O/c1-4-16-14-9-11(2)17-15(18-14)10-12-7-5-6-8-13(12)19-3/h5-9H,4,10H2,1-3H3,(H,16,17,18). The lowest BCUT2D eigenvalue weighted by atomic mass is 10.1. The highest BCUT2D eigenvalue weighted by molar-refractivity contribution is 5.39. The molecule has 1 heterocycles. The summed E-state index contributed by atoms with van der Waals surface area (Å²) in [6, 6.07) is 9.91. The average molecular weight is 257 g/mol. The number of hydrogen-bond acceptors (Lipinski definition) is 4. The van der Waals surface area contributed by atoms with E-state index in [1.54, 1.807) is 7.11 Å². The van der Waals surface area contributed by atoms with E-state index in [1.807, 2.05) is 37.3 Å². The molecule has 0 atom stereocenters. The molecule has 4 heteroatoms. The van der Waals surface area contributed by atoms with Crippen molar-refractivity contribution >= 4 is 5.82 Å². The molecule has 2 rings (SSSR count). The van der Waals surface area contributed by atoms with Crippen molar-refractivity contribution < 1.29 is 4.74 Å². The van der Waals surface area contributed by atoms with Crippen LogP contribution in [0, 0.1) is 6.92 Å². The van der Waals surface area contributed by atoms with Crippen LogP contribution >= 0.6 is 0 Å². The van der Waals surface area contributed by atoms with E-state index in [0.717, 1.165) is 35.2 Å². The molecule has 0 saturated carbocycles. The van der Waals surface area contributed by atoms with Gasteiger partial charge in [0, 0.05) is 30.3 Å². The summed E-state index contributed by atoms with van der Waals surface area (Å²) in [7, 11) is 1.68. The van der Waals surface area contributed by atoms with Crippen LogP contribution < -0.4 is 10.1 Å². The van der Waals surface area contributed by atoms with Gasteiger partial charge in [-0.3, -0.25) is 0 Å². The molecule has 1 aromatic carbocycles. The van der Waals surface area contributed by atoms with Gasteiger partial charge in [0.25, 0.3) is 0 Å². The summed E-state index contributed by atoms with van der Waals surface area (Å²) in [6.07, 6.45) is 0.671. The van der Waals surface area contributed by atoms with Crippen LogP contribution in [0.15, 0.2) is 30.3 Å². The Kier molecular flexibility index (Phi) is 4.34. The molecule has 0 aliphatic heterocycles. The predicted octanol–water partition coefficient (Wildman–Crippen LogP) is 2.82. The zero-order chi connectivity index (χ0) is 13.7. The van der Waals surface area contributed by atoms with Crippen LogP contribution in [0.2, 0.25) is 0 Å². The van der Waals surface area contributed by atoms with Crippen LogP contribution in [0.4, 0.5) is 5.82 Å². The molecule has 2 aromatic rings. The molecule has 0 spiro atoms. The fourth-order valence-electron chi connectivity index (χ4n) is 2.00. The van der Waals surface area contributed by atoms with Gasteiger partial charge in [-0.2, -0.15) is 0 Å². The van der Waals surface area contributed by atoms with E-state index in [1.165, 1.54) is 0 Å². The summed E-state index contributed by atoms with van der Waals surface area (Å²) in [5.41, 5.74) is 2.06. The van der Waals surface area contributed by atoms with Crippen LogP contribution in [0.1, 0.15) is 24.0 Å². The summed E-state index contributed by atoms with van der Waals surface area (Å²) >= 11 is 0. The first-order valence-corrected chi connectivity index (χ1v) is 6.43. The molecule has 0 amide bonds. The van der Waals surface area contributed by atoms with Crippen molar-refractivity contribution in [1.29, 1.82) is 0 Å². The zero-order valence-corrected chi connectivity index (χ0v) is 11.6. The van der Waals surface area contributed by atoms with E-state index in [0.29, 0.717) is 6.42 Å². The number of aromatic nitrogens is 2. The number of hydrogen-bond donors (Lipinski definition) is 1. The minimum Gasteiger partial charge on any atom is -0.496 e. The number of nitrogens with one attached hydrogen (secondary N) is 1. The number of ether oxygens (including phenoxy) is 1. The zero-order valence-electron chi connectivity index (χ0n) is 11.6. The molecule has 0 aliphatic carbocycles. The molecule has 0 saturated heterocycles. The van der Waals surface area contributed by atoms with Gasteiger partial charge in [-0.05, 0) is 19.9 Å². The molecular weight excluding hydrogens is 238 g/mol. The highest BCUT2D eigenvalue weighted by atomic mass is 16.5. The third-order valence-electron chi connectivity index (χ3n) is 2.80. The van der Waals surface area contributed by atoms with Crippen LogP contribution in [-0.4, -0.2) is 23.6 Å². The minimum atomic E-state index is 0.671. The highest BCUT2D eigenvalue weighted by Crippen LogP contribution is 2.20. The van der Waals surface area contributed by atoms with Gasteiger partial charge < -0.3 is 10.1 Å². The Morgan fingerprint density at radius 1 is 1.21 bits per heavy atom. The van der Waals surface area contributed by atoms with E-state index in [4.69, 9.17) is 4.74 Å². The summed E-state index contributed by atoms with van der Waals surface area (Å²) in [5, 5.41) is 3.22. The van der Waals surface area contributed by atoms with Crippen LogP contribution in [0.3, 0.4) is 0 Å². The SMILES string of the molecule is CCNc1cc(C)nc(Cc2ccccc2OC)n1. The van der Waals surface area contributed by atoms with Gasteiger partial charge in [0.05, 0.1) is 7.11 Å². The summed E-state index contributed by atoms with van der Waals surface area (Å²) in [4.78, 5) is 9.00. The predicted molar refractivity (Wildman–Crippen MR) is 76.7 cm³/mol. The Morgan fingerprint density at radius 3 is 2.74 bits per heavy atom. The lowest BCUT2D eigenvalue weighted by molar-refractivity contribution is 0.410. The molecule has 0 fully saturated rings. The maximum atomic E-state index is 5.35. The Labute approximate surface area is 113 Å². The number of aryl methyl sites for hydroxylation is 1. The monoisotopic (exact) mass is 257 g/mol. The average Bonchev–Trinajstić information content (AvgIpc) is 2.39. The quantitative estimate of drug-likeness (QED) is 0.894. The third kappa shape index (κ3) is 3.44. The third-order valence-corrected chi connectivity index (χ3v) is 2.80. The lowest BCUT2D eigenvalue weighted by Gasteiger charge is -2.09. The van der Waals surface area contributed by atoms with Crippen molar-refractivity contribution in [2.45, 2.75) is 20.3 Å². The Morgan fingerprint density at radius 2 is 2.00 bits per heavy atom.